The van der Waals surface area contributed by atoms with E-state index in [4.69, 9.17) is 0 Å². The second-order valence-corrected chi connectivity index (χ2v) is 6.91. The molecule has 0 aromatic carbocycles. The summed E-state index contributed by atoms with van der Waals surface area (Å²) in [6.07, 6.45) is 1.22. The number of aryl methyl sites for hydroxylation is 2. The summed E-state index contributed by atoms with van der Waals surface area (Å²) in [6, 6.07) is 1.57. The normalized spacial score (nSPS) is 18.7. The van der Waals surface area contributed by atoms with Crippen LogP contribution in [0.2, 0.25) is 0 Å². The molecule has 0 spiro atoms. The van der Waals surface area contributed by atoms with E-state index in [-0.39, 0.29) is 24.3 Å². The van der Waals surface area contributed by atoms with Crippen LogP contribution < -0.4 is 10.6 Å². The second kappa shape index (κ2) is 8.28. The smallest absolute Gasteiger partial charge is 0.237 e. The van der Waals surface area contributed by atoms with Crippen LogP contribution in [-0.2, 0) is 23.2 Å². The Balaban J connectivity index is 1.87. The van der Waals surface area contributed by atoms with Crippen LogP contribution in [0.1, 0.15) is 38.1 Å². The van der Waals surface area contributed by atoms with Gasteiger partial charge in [0.1, 0.15) is 0 Å². The molecule has 1 aromatic heterocycles. The molecule has 2 heterocycles. The summed E-state index contributed by atoms with van der Waals surface area (Å²) in [7, 11) is 1.87. The SMILES string of the molecule is Cc1cc(CNC(=O)CC2C(=O)NCCN2CCC(C)C)nn1C. The molecule has 0 bridgehead atoms. The molecule has 1 saturated heterocycles. The summed E-state index contributed by atoms with van der Waals surface area (Å²) in [4.78, 5) is 26.5. The average Bonchev–Trinajstić information content (AvgIpc) is 2.84. The van der Waals surface area contributed by atoms with E-state index in [1.165, 1.54) is 0 Å². The molecular weight excluding hydrogens is 306 g/mol. The maximum atomic E-state index is 12.3. The molecule has 1 aliphatic heterocycles. The molecule has 1 unspecified atom stereocenters. The summed E-state index contributed by atoms with van der Waals surface area (Å²) in [6.45, 7) is 9.00. The summed E-state index contributed by atoms with van der Waals surface area (Å²) >= 11 is 0. The predicted molar refractivity (Wildman–Crippen MR) is 92.2 cm³/mol. The van der Waals surface area contributed by atoms with Crippen LogP contribution in [0.3, 0.4) is 0 Å². The predicted octanol–water partition coefficient (Wildman–Crippen LogP) is 0.581. The molecule has 1 fully saturated rings. The molecule has 1 aliphatic rings. The Morgan fingerprint density at radius 3 is 2.88 bits per heavy atom. The van der Waals surface area contributed by atoms with Gasteiger partial charge in [-0.2, -0.15) is 5.10 Å². The van der Waals surface area contributed by atoms with Crippen LogP contribution in [0.25, 0.3) is 0 Å². The van der Waals surface area contributed by atoms with Crippen molar-refractivity contribution in [2.75, 3.05) is 19.6 Å². The van der Waals surface area contributed by atoms with E-state index < -0.39 is 0 Å². The van der Waals surface area contributed by atoms with E-state index in [1.54, 1.807) is 4.68 Å². The number of nitrogens with one attached hydrogen (secondary N) is 2. The highest BCUT2D eigenvalue weighted by Gasteiger charge is 2.31. The number of piperazine rings is 1. The molecule has 0 saturated carbocycles. The molecule has 0 radical (unpaired) electrons. The minimum atomic E-state index is -0.372. The maximum absolute atomic E-state index is 12.3. The number of amides is 2. The van der Waals surface area contributed by atoms with Crippen molar-refractivity contribution in [2.45, 2.75) is 46.2 Å². The summed E-state index contributed by atoms with van der Waals surface area (Å²) in [5.74, 6) is 0.417. The first-order chi connectivity index (χ1) is 11.4. The Morgan fingerprint density at radius 2 is 2.25 bits per heavy atom. The second-order valence-electron chi connectivity index (χ2n) is 6.91. The quantitative estimate of drug-likeness (QED) is 0.764. The number of hydrogen-bond donors (Lipinski definition) is 2. The number of aromatic nitrogens is 2. The van der Waals surface area contributed by atoms with Gasteiger partial charge in [-0.25, -0.2) is 0 Å². The zero-order valence-corrected chi connectivity index (χ0v) is 15.1. The van der Waals surface area contributed by atoms with Crippen molar-refractivity contribution in [3.63, 3.8) is 0 Å². The molecular formula is C17H29N5O2. The van der Waals surface area contributed by atoms with Gasteiger partial charge in [0.25, 0.3) is 0 Å². The third kappa shape index (κ3) is 5.06. The van der Waals surface area contributed by atoms with Crippen LogP contribution in [0.5, 0.6) is 0 Å². The maximum Gasteiger partial charge on any atom is 0.237 e. The summed E-state index contributed by atoms with van der Waals surface area (Å²) in [5.41, 5.74) is 1.87. The van der Waals surface area contributed by atoms with Gasteiger partial charge in [-0.05, 0) is 31.9 Å². The first-order valence-electron chi connectivity index (χ1n) is 8.64. The Labute approximate surface area is 143 Å². The fourth-order valence-electron chi connectivity index (χ4n) is 2.83. The lowest BCUT2D eigenvalue weighted by atomic mass is 10.1. The van der Waals surface area contributed by atoms with Crippen molar-refractivity contribution < 1.29 is 9.59 Å². The number of rotatable bonds is 7. The highest BCUT2D eigenvalue weighted by Crippen LogP contribution is 2.12. The van der Waals surface area contributed by atoms with E-state index in [0.29, 0.717) is 19.0 Å². The lowest BCUT2D eigenvalue weighted by Gasteiger charge is -2.35. The molecule has 1 aromatic rings. The molecule has 2 rings (SSSR count). The lowest BCUT2D eigenvalue weighted by molar-refractivity contribution is -0.134. The first kappa shape index (κ1) is 18.4. The minimum absolute atomic E-state index is 0.0474. The third-order valence-corrected chi connectivity index (χ3v) is 4.45. The van der Waals surface area contributed by atoms with Crippen molar-refractivity contribution >= 4 is 11.8 Å². The Bertz CT molecular complexity index is 562. The van der Waals surface area contributed by atoms with Crippen LogP contribution in [0, 0.1) is 12.8 Å². The van der Waals surface area contributed by atoms with Gasteiger partial charge in [-0.3, -0.25) is 19.2 Å². The highest BCUT2D eigenvalue weighted by molar-refractivity contribution is 5.88. The Hall–Kier alpha value is -1.89. The minimum Gasteiger partial charge on any atom is -0.353 e. The van der Waals surface area contributed by atoms with Crippen LogP contribution in [-0.4, -0.2) is 52.2 Å². The number of hydrogen-bond acceptors (Lipinski definition) is 4. The van der Waals surface area contributed by atoms with Crippen LogP contribution in [0.15, 0.2) is 6.07 Å². The monoisotopic (exact) mass is 335 g/mol. The van der Waals surface area contributed by atoms with Gasteiger partial charge in [0.05, 0.1) is 24.7 Å². The van der Waals surface area contributed by atoms with Gasteiger partial charge in [-0.15, -0.1) is 0 Å². The van der Waals surface area contributed by atoms with Crippen LogP contribution >= 0.6 is 0 Å². The molecule has 7 nitrogen and oxygen atoms in total. The lowest BCUT2D eigenvalue weighted by Crippen LogP contribution is -2.56. The van der Waals surface area contributed by atoms with E-state index >= 15 is 0 Å². The van der Waals surface area contributed by atoms with Crippen LogP contribution in [0.4, 0.5) is 0 Å². The molecule has 2 N–H and O–H groups in total. The highest BCUT2D eigenvalue weighted by atomic mass is 16.2. The van der Waals surface area contributed by atoms with Gasteiger partial charge in [0.2, 0.25) is 11.8 Å². The number of carbonyl (C=O) groups excluding carboxylic acids is 2. The summed E-state index contributed by atoms with van der Waals surface area (Å²) in [5, 5.41) is 10.1. The summed E-state index contributed by atoms with van der Waals surface area (Å²) < 4.78 is 1.78. The molecule has 134 valence electrons. The molecule has 7 heteroatoms. The van der Waals surface area contributed by atoms with Gasteiger partial charge >= 0.3 is 0 Å². The first-order valence-corrected chi connectivity index (χ1v) is 8.64. The zero-order chi connectivity index (χ0) is 17.7. The molecule has 2 amide bonds. The van der Waals surface area contributed by atoms with E-state index in [9.17, 15) is 9.59 Å². The zero-order valence-electron chi connectivity index (χ0n) is 15.1. The van der Waals surface area contributed by atoms with Crippen molar-refractivity contribution in [3.8, 4) is 0 Å². The topological polar surface area (TPSA) is 79.3 Å². The van der Waals surface area contributed by atoms with E-state index in [1.807, 2.05) is 20.0 Å². The van der Waals surface area contributed by atoms with Crippen molar-refractivity contribution in [2.24, 2.45) is 13.0 Å². The van der Waals surface area contributed by atoms with Crippen molar-refractivity contribution in [3.05, 3.63) is 17.5 Å². The molecule has 24 heavy (non-hydrogen) atoms. The fraction of sp³-hybridized carbons (Fsp3) is 0.706. The standard InChI is InChI=1S/C17H29N5O2/c1-12(2)5-7-22-8-6-18-17(24)15(22)10-16(23)19-11-14-9-13(3)21(4)20-14/h9,12,15H,5-8,10-11H2,1-4H3,(H,18,24)(H,19,23). The Morgan fingerprint density at radius 1 is 1.50 bits per heavy atom. The molecule has 0 aliphatic carbocycles. The van der Waals surface area contributed by atoms with Crippen molar-refractivity contribution in [1.29, 1.82) is 0 Å². The number of carbonyl (C=O) groups is 2. The van der Waals surface area contributed by atoms with E-state index in [0.717, 1.165) is 30.9 Å². The van der Waals surface area contributed by atoms with Gasteiger partial charge in [0.15, 0.2) is 0 Å². The average molecular weight is 335 g/mol. The van der Waals surface area contributed by atoms with Gasteiger partial charge in [-0.1, -0.05) is 13.8 Å². The van der Waals surface area contributed by atoms with Gasteiger partial charge in [0, 0.05) is 25.8 Å². The van der Waals surface area contributed by atoms with E-state index in [2.05, 4.69) is 34.5 Å². The Kier molecular flexibility index (Phi) is 6.36. The van der Waals surface area contributed by atoms with Crippen molar-refractivity contribution in [1.82, 2.24) is 25.3 Å². The molecule has 1 atom stereocenters. The van der Waals surface area contributed by atoms with Gasteiger partial charge < -0.3 is 10.6 Å². The third-order valence-electron chi connectivity index (χ3n) is 4.45. The fourth-order valence-corrected chi connectivity index (χ4v) is 2.83. The number of nitrogens with zero attached hydrogens (tertiary/aromatic N) is 3. The largest absolute Gasteiger partial charge is 0.353 e.